The normalized spacial score (nSPS) is 17.3. The van der Waals surface area contributed by atoms with Crippen LogP contribution in [0.3, 0.4) is 0 Å². The first kappa shape index (κ1) is 15.4. The van der Waals surface area contributed by atoms with Gasteiger partial charge in [-0.1, -0.05) is 42.5 Å². The van der Waals surface area contributed by atoms with Gasteiger partial charge in [-0.2, -0.15) is 0 Å². The van der Waals surface area contributed by atoms with Crippen LogP contribution in [0.4, 0.5) is 4.79 Å². The molecule has 0 spiro atoms. The lowest BCUT2D eigenvalue weighted by Gasteiger charge is -2.25. The quantitative estimate of drug-likeness (QED) is 0.926. The van der Waals surface area contributed by atoms with Gasteiger partial charge in [0.2, 0.25) is 0 Å². The summed E-state index contributed by atoms with van der Waals surface area (Å²) >= 11 is 0. The van der Waals surface area contributed by atoms with Gasteiger partial charge in [-0.15, -0.1) is 0 Å². The molecule has 1 N–H and O–H groups in total. The standard InChI is InChI=1S/C19H21NO3/c1-13-10-16(17-8-9-22-19(21)20-17)11-14(2)18(13)23-12-15-6-4-3-5-7-15/h3-7,10-11,17H,8-9,12H2,1-2H3,(H,20,21)/t17-/m0/s1. The van der Waals surface area contributed by atoms with Crippen LogP contribution < -0.4 is 10.1 Å². The van der Waals surface area contributed by atoms with Crippen molar-refractivity contribution in [1.29, 1.82) is 0 Å². The van der Waals surface area contributed by atoms with Gasteiger partial charge in [0, 0.05) is 6.42 Å². The number of ether oxygens (including phenoxy) is 2. The highest BCUT2D eigenvalue weighted by molar-refractivity contribution is 5.68. The molecule has 1 saturated heterocycles. The number of amides is 1. The van der Waals surface area contributed by atoms with Crippen molar-refractivity contribution in [2.24, 2.45) is 0 Å². The zero-order valence-corrected chi connectivity index (χ0v) is 13.5. The molecular weight excluding hydrogens is 290 g/mol. The molecule has 4 nitrogen and oxygen atoms in total. The summed E-state index contributed by atoms with van der Waals surface area (Å²) in [5.74, 6) is 0.913. The first-order chi connectivity index (χ1) is 11.1. The van der Waals surface area contributed by atoms with Gasteiger partial charge in [-0.3, -0.25) is 0 Å². The van der Waals surface area contributed by atoms with E-state index < -0.39 is 0 Å². The lowest BCUT2D eigenvalue weighted by Crippen LogP contribution is -2.35. The van der Waals surface area contributed by atoms with Crippen molar-refractivity contribution in [2.45, 2.75) is 32.9 Å². The summed E-state index contributed by atoms with van der Waals surface area (Å²) in [6.45, 7) is 5.09. The molecule has 0 radical (unpaired) electrons. The number of rotatable bonds is 4. The Hall–Kier alpha value is -2.49. The topological polar surface area (TPSA) is 47.6 Å². The number of hydrogen-bond donors (Lipinski definition) is 1. The first-order valence-electron chi connectivity index (χ1n) is 7.84. The maximum absolute atomic E-state index is 11.4. The highest BCUT2D eigenvalue weighted by Crippen LogP contribution is 2.30. The van der Waals surface area contributed by atoms with E-state index in [9.17, 15) is 4.79 Å². The predicted octanol–water partition coefficient (Wildman–Crippen LogP) is 4.05. The summed E-state index contributed by atoms with van der Waals surface area (Å²) in [5.41, 5.74) is 4.41. The Labute approximate surface area is 136 Å². The lowest BCUT2D eigenvalue weighted by atomic mass is 9.98. The highest BCUT2D eigenvalue weighted by Gasteiger charge is 2.22. The minimum atomic E-state index is -0.346. The summed E-state index contributed by atoms with van der Waals surface area (Å²) in [5, 5.41) is 2.86. The van der Waals surface area contributed by atoms with Crippen molar-refractivity contribution < 1.29 is 14.3 Å². The predicted molar refractivity (Wildman–Crippen MR) is 88.5 cm³/mol. The van der Waals surface area contributed by atoms with Crippen molar-refractivity contribution >= 4 is 6.09 Å². The van der Waals surface area contributed by atoms with E-state index in [2.05, 4.69) is 29.6 Å². The van der Waals surface area contributed by atoms with Crippen molar-refractivity contribution in [1.82, 2.24) is 5.32 Å². The minimum Gasteiger partial charge on any atom is -0.488 e. The van der Waals surface area contributed by atoms with Crippen LogP contribution in [0.2, 0.25) is 0 Å². The van der Waals surface area contributed by atoms with Crippen molar-refractivity contribution in [2.75, 3.05) is 6.61 Å². The number of carbonyl (C=O) groups excluding carboxylic acids is 1. The Bertz CT molecular complexity index is 674. The summed E-state index contributed by atoms with van der Waals surface area (Å²) in [6, 6.07) is 14.3. The minimum absolute atomic E-state index is 0.0109. The molecule has 120 valence electrons. The molecule has 1 amide bonds. The summed E-state index contributed by atoms with van der Waals surface area (Å²) < 4.78 is 10.9. The Morgan fingerprint density at radius 3 is 2.52 bits per heavy atom. The number of aryl methyl sites for hydroxylation is 2. The van der Waals surface area contributed by atoms with Crippen LogP contribution >= 0.6 is 0 Å². The zero-order chi connectivity index (χ0) is 16.2. The maximum Gasteiger partial charge on any atom is 0.407 e. The monoisotopic (exact) mass is 311 g/mol. The molecule has 0 aliphatic carbocycles. The Morgan fingerprint density at radius 1 is 1.17 bits per heavy atom. The fourth-order valence-corrected chi connectivity index (χ4v) is 2.92. The largest absolute Gasteiger partial charge is 0.488 e. The molecule has 1 atom stereocenters. The third kappa shape index (κ3) is 3.65. The van der Waals surface area contributed by atoms with Crippen molar-refractivity contribution in [3.05, 3.63) is 64.7 Å². The van der Waals surface area contributed by atoms with E-state index in [4.69, 9.17) is 9.47 Å². The Morgan fingerprint density at radius 2 is 1.87 bits per heavy atom. The van der Waals surface area contributed by atoms with Crippen LogP contribution in [0, 0.1) is 13.8 Å². The van der Waals surface area contributed by atoms with Gasteiger partial charge >= 0.3 is 6.09 Å². The fourth-order valence-electron chi connectivity index (χ4n) is 2.92. The van der Waals surface area contributed by atoms with Gasteiger partial charge in [0.1, 0.15) is 12.4 Å². The van der Waals surface area contributed by atoms with Gasteiger partial charge in [0.15, 0.2) is 0 Å². The van der Waals surface area contributed by atoms with Crippen LogP contribution in [0.5, 0.6) is 5.75 Å². The van der Waals surface area contributed by atoms with E-state index in [0.29, 0.717) is 13.2 Å². The average molecular weight is 311 g/mol. The van der Waals surface area contributed by atoms with Gasteiger partial charge in [-0.25, -0.2) is 4.79 Å². The first-order valence-corrected chi connectivity index (χ1v) is 7.84. The number of carbonyl (C=O) groups is 1. The Kier molecular flexibility index (Phi) is 4.51. The van der Waals surface area contributed by atoms with Gasteiger partial charge in [0.05, 0.1) is 12.6 Å². The van der Waals surface area contributed by atoms with E-state index in [1.807, 2.05) is 32.0 Å². The van der Waals surface area contributed by atoms with Crippen LogP contribution in [0.15, 0.2) is 42.5 Å². The molecule has 2 aromatic rings. The molecule has 1 heterocycles. The van der Waals surface area contributed by atoms with Crippen LogP contribution in [0.25, 0.3) is 0 Å². The third-order valence-corrected chi connectivity index (χ3v) is 4.04. The molecule has 0 saturated carbocycles. The maximum atomic E-state index is 11.4. The molecule has 23 heavy (non-hydrogen) atoms. The van der Waals surface area contributed by atoms with Crippen LogP contribution in [-0.2, 0) is 11.3 Å². The second-order valence-corrected chi connectivity index (χ2v) is 5.88. The van der Waals surface area contributed by atoms with E-state index in [-0.39, 0.29) is 12.1 Å². The van der Waals surface area contributed by atoms with Crippen LogP contribution in [-0.4, -0.2) is 12.7 Å². The van der Waals surface area contributed by atoms with E-state index >= 15 is 0 Å². The van der Waals surface area contributed by atoms with E-state index in [1.54, 1.807) is 0 Å². The lowest BCUT2D eigenvalue weighted by molar-refractivity contribution is 0.115. The Balaban J connectivity index is 1.76. The number of hydrogen-bond acceptors (Lipinski definition) is 3. The van der Waals surface area contributed by atoms with Crippen LogP contribution in [0.1, 0.15) is 34.7 Å². The SMILES string of the molecule is Cc1cc([C@@H]2CCOC(=O)N2)cc(C)c1OCc1ccccc1. The zero-order valence-electron chi connectivity index (χ0n) is 13.5. The molecule has 0 unspecified atom stereocenters. The number of nitrogens with one attached hydrogen (secondary N) is 1. The molecular formula is C19H21NO3. The molecule has 2 aromatic carbocycles. The molecule has 3 rings (SSSR count). The average Bonchev–Trinajstić information content (AvgIpc) is 2.55. The van der Waals surface area contributed by atoms with Gasteiger partial charge < -0.3 is 14.8 Å². The molecule has 4 heteroatoms. The summed E-state index contributed by atoms with van der Waals surface area (Å²) in [6.07, 6.45) is 0.440. The molecule has 0 aromatic heterocycles. The molecule has 1 aliphatic rings. The second-order valence-electron chi connectivity index (χ2n) is 5.88. The van der Waals surface area contributed by atoms with Crippen molar-refractivity contribution in [3.8, 4) is 5.75 Å². The van der Waals surface area contributed by atoms with Gasteiger partial charge in [0.25, 0.3) is 0 Å². The third-order valence-electron chi connectivity index (χ3n) is 4.04. The van der Waals surface area contributed by atoms with Gasteiger partial charge in [-0.05, 0) is 36.1 Å². The number of alkyl carbamates (subject to hydrolysis) is 1. The fraction of sp³-hybridized carbons (Fsp3) is 0.316. The molecule has 1 fully saturated rings. The van der Waals surface area contributed by atoms with E-state index in [1.165, 1.54) is 0 Å². The van der Waals surface area contributed by atoms with E-state index in [0.717, 1.165) is 34.4 Å². The summed E-state index contributed by atoms with van der Waals surface area (Å²) in [7, 11) is 0. The van der Waals surface area contributed by atoms with Crippen molar-refractivity contribution in [3.63, 3.8) is 0 Å². The molecule has 1 aliphatic heterocycles. The molecule has 0 bridgehead atoms. The number of benzene rings is 2. The second kappa shape index (κ2) is 6.73. The smallest absolute Gasteiger partial charge is 0.407 e. The highest BCUT2D eigenvalue weighted by atomic mass is 16.5. The summed E-state index contributed by atoms with van der Waals surface area (Å²) in [4.78, 5) is 11.4. The number of cyclic esters (lactones) is 1.